The smallest absolute Gasteiger partial charge is 0.251 e. The van der Waals surface area contributed by atoms with Gasteiger partial charge in [0.15, 0.2) is 11.5 Å². The molecule has 3 N–H and O–H groups in total. The molecule has 0 saturated heterocycles. The second kappa shape index (κ2) is 7.59. The number of rotatable bonds is 6. The van der Waals surface area contributed by atoms with Crippen LogP contribution in [-0.2, 0) is 6.42 Å². The number of phenolic OH excluding ortho intramolecular Hbond substituents is 2. The van der Waals surface area contributed by atoms with E-state index >= 15 is 0 Å². The Hall–Kier alpha value is -2.89. The average molecular weight is 331 g/mol. The van der Waals surface area contributed by atoms with E-state index in [9.17, 15) is 15.0 Å². The quantitative estimate of drug-likeness (QED) is 0.756. The van der Waals surface area contributed by atoms with Crippen molar-refractivity contribution in [2.75, 3.05) is 20.8 Å². The first-order valence-corrected chi connectivity index (χ1v) is 7.47. The van der Waals surface area contributed by atoms with Crippen molar-refractivity contribution < 1.29 is 24.5 Å². The van der Waals surface area contributed by atoms with Gasteiger partial charge >= 0.3 is 0 Å². The predicted octanol–water partition coefficient (Wildman–Crippen LogP) is 2.40. The molecule has 2 aromatic rings. The lowest BCUT2D eigenvalue weighted by Crippen LogP contribution is -2.25. The van der Waals surface area contributed by atoms with Crippen LogP contribution in [0.1, 0.15) is 21.5 Å². The number of aromatic hydroxyl groups is 2. The Bertz CT molecular complexity index is 722. The van der Waals surface area contributed by atoms with E-state index in [2.05, 4.69) is 5.32 Å². The van der Waals surface area contributed by atoms with E-state index in [4.69, 9.17) is 9.47 Å². The van der Waals surface area contributed by atoms with Gasteiger partial charge in [0.05, 0.1) is 14.2 Å². The highest BCUT2D eigenvalue weighted by Gasteiger charge is 2.11. The van der Waals surface area contributed by atoms with E-state index in [-0.39, 0.29) is 23.0 Å². The van der Waals surface area contributed by atoms with Crippen molar-refractivity contribution in [3.63, 3.8) is 0 Å². The van der Waals surface area contributed by atoms with Crippen LogP contribution in [-0.4, -0.2) is 36.9 Å². The molecule has 0 aromatic heterocycles. The number of nitrogens with one attached hydrogen (secondary N) is 1. The minimum atomic E-state index is -0.362. The third-order valence-electron chi connectivity index (χ3n) is 3.69. The molecule has 24 heavy (non-hydrogen) atoms. The summed E-state index contributed by atoms with van der Waals surface area (Å²) >= 11 is 0. The molecule has 2 aromatic carbocycles. The predicted molar refractivity (Wildman–Crippen MR) is 90.1 cm³/mol. The van der Waals surface area contributed by atoms with Crippen molar-refractivity contribution in [2.24, 2.45) is 0 Å². The zero-order valence-corrected chi connectivity index (χ0v) is 13.9. The van der Waals surface area contributed by atoms with Crippen LogP contribution in [0.4, 0.5) is 0 Å². The second-order valence-corrected chi connectivity index (χ2v) is 5.38. The summed E-state index contributed by atoms with van der Waals surface area (Å²) in [6.45, 7) is 2.37. The molecule has 0 spiro atoms. The molecule has 0 unspecified atom stereocenters. The van der Waals surface area contributed by atoms with Gasteiger partial charge in [-0.15, -0.1) is 0 Å². The number of phenols is 2. The highest BCUT2D eigenvalue weighted by Crippen LogP contribution is 2.30. The number of hydrogen-bond donors (Lipinski definition) is 3. The molecule has 128 valence electrons. The number of carbonyl (C=O) groups excluding carboxylic acids is 1. The van der Waals surface area contributed by atoms with Crippen LogP contribution in [0.5, 0.6) is 23.0 Å². The largest absolute Gasteiger partial charge is 0.508 e. The Morgan fingerprint density at radius 3 is 2.17 bits per heavy atom. The van der Waals surface area contributed by atoms with Gasteiger partial charge in [-0.3, -0.25) is 4.79 Å². The topological polar surface area (TPSA) is 88.0 Å². The summed E-state index contributed by atoms with van der Waals surface area (Å²) in [6, 6.07) is 7.56. The lowest BCUT2D eigenvalue weighted by atomic mass is 10.0. The number of benzene rings is 2. The van der Waals surface area contributed by atoms with E-state index in [1.165, 1.54) is 18.2 Å². The highest BCUT2D eigenvalue weighted by molar-refractivity contribution is 5.95. The number of hydrogen-bond acceptors (Lipinski definition) is 5. The third kappa shape index (κ3) is 4.10. The molecule has 0 aliphatic rings. The lowest BCUT2D eigenvalue weighted by Gasteiger charge is -2.13. The molecular formula is C18H21NO5. The number of ether oxygens (including phenoxy) is 2. The fourth-order valence-electron chi connectivity index (χ4n) is 2.43. The van der Waals surface area contributed by atoms with Crippen LogP contribution >= 0.6 is 0 Å². The maximum Gasteiger partial charge on any atom is 0.251 e. The Morgan fingerprint density at radius 1 is 1.00 bits per heavy atom. The van der Waals surface area contributed by atoms with Gasteiger partial charge in [-0.05, 0) is 48.7 Å². The van der Waals surface area contributed by atoms with Gasteiger partial charge in [-0.1, -0.05) is 0 Å². The molecule has 0 radical (unpaired) electrons. The zero-order chi connectivity index (χ0) is 17.7. The van der Waals surface area contributed by atoms with Crippen molar-refractivity contribution in [2.45, 2.75) is 13.3 Å². The van der Waals surface area contributed by atoms with Gasteiger partial charge in [0, 0.05) is 18.2 Å². The molecule has 0 aliphatic carbocycles. The van der Waals surface area contributed by atoms with Crippen LogP contribution in [0, 0.1) is 6.92 Å². The number of methoxy groups -OCH3 is 2. The maximum absolute atomic E-state index is 12.1. The summed E-state index contributed by atoms with van der Waals surface area (Å²) in [7, 11) is 3.16. The van der Waals surface area contributed by atoms with Crippen molar-refractivity contribution >= 4 is 5.91 Å². The van der Waals surface area contributed by atoms with Gasteiger partial charge in [0.25, 0.3) is 5.91 Å². The van der Waals surface area contributed by atoms with Crippen molar-refractivity contribution in [1.29, 1.82) is 0 Å². The minimum Gasteiger partial charge on any atom is -0.508 e. The second-order valence-electron chi connectivity index (χ2n) is 5.38. The van der Waals surface area contributed by atoms with Crippen LogP contribution < -0.4 is 14.8 Å². The van der Waals surface area contributed by atoms with Gasteiger partial charge in [-0.2, -0.15) is 0 Å². The number of aryl methyl sites for hydroxylation is 1. The first kappa shape index (κ1) is 17.5. The van der Waals surface area contributed by atoms with Crippen molar-refractivity contribution in [3.05, 3.63) is 47.0 Å². The molecule has 0 fully saturated rings. The van der Waals surface area contributed by atoms with Crippen LogP contribution in [0.15, 0.2) is 30.3 Å². The number of amides is 1. The Kier molecular flexibility index (Phi) is 5.52. The van der Waals surface area contributed by atoms with Crippen LogP contribution in [0.3, 0.4) is 0 Å². The first-order valence-electron chi connectivity index (χ1n) is 7.47. The molecule has 1 amide bonds. The zero-order valence-electron chi connectivity index (χ0n) is 13.9. The number of carbonyl (C=O) groups is 1. The molecule has 0 heterocycles. The van der Waals surface area contributed by atoms with Gasteiger partial charge in [-0.25, -0.2) is 0 Å². The summed E-state index contributed by atoms with van der Waals surface area (Å²) in [5, 5.41) is 21.6. The van der Waals surface area contributed by atoms with E-state index in [1.54, 1.807) is 14.2 Å². The Labute approximate surface area is 140 Å². The summed E-state index contributed by atoms with van der Waals surface area (Å²) in [5.74, 6) is 0.631. The first-order chi connectivity index (χ1) is 11.4. The molecule has 0 saturated carbocycles. The molecule has 6 nitrogen and oxygen atoms in total. The fraction of sp³-hybridized carbons (Fsp3) is 0.278. The van der Waals surface area contributed by atoms with Crippen LogP contribution in [0.2, 0.25) is 0 Å². The Balaban J connectivity index is 2.02. The highest BCUT2D eigenvalue weighted by atomic mass is 16.5. The summed E-state index contributed by atoms with van der Waals surface area (Å²) < 4.78 is 10.5. The molecule has 6 heteroatoms. The summed E-state index contributed by atoms with van der Waals surface area (Å²) in [4.78, 5) is 12.1. The van der Waals surface area contributed by atoms with Crippen LogP contribution in [0.25, 0.3) is 0 Å². The van der Waals surface area contributed by atoms with E-state index in [1.807, 2.05) is 19.1 Å². The summed E-state index contributed by atoms with van der Waals surface area (Å²) in [5.41, 5.74) is 2.28. The van der Waals surface area contributed by atoms with Crippen molar-refractivity contribution in [3.8, 4) is 23.0 Å². The summed E-state index contributed by atoms with van der Waals surface area (Å²) in [6.07, 6.45) is 0.614. The minimum absolute atomic E-state index is 0.157. The molecule has 0 aliphatic heterocycles. The average Bonchev–Trinajstić information content (AvgIpc) is 2.54. The monoisotopic (exact) mass is 331 g/mol. The van der Waals surface area contributed by atoms with Gasteiger partial charge < -0.3 is 25.0 Å². The van der Waals surface area contributed by atoms with E-state index in [0.29, 0.717) is 24.5 Å². The Morgan fingerprint density at radius 2 is 1.58 bits per heavy atom. The molecule has 0 bridgehead atoms. The maximum atomic E-state index is 12.1. The van der Waals surface area contributed by atoms with Gasteiger partial charge in [0.1, 0.15) is 11.5 Å². The molecular weight excluding hydrogens is 310 g/mol. The lowest BCUT2D eigenvalue weighted by molar-refractivity contribution is 0.0953. The van der Waals surface area contributed by atoms with E-state index in [0.717, 1.165) is 11.1 Å². The van der Waals surface area contributed by atoms with E-state index < -0.39 is 0 Å². The molecule has 2 rings (SSSR count). The van der Waals surface area contributed by atoms with Crippen molar-refractivity contribution in [1.82, 2.24) is 5.32 Å². The third-order valence-corrected chi connectivity index (χ3v) is 3.69. The standard InChI is InChI=1S/C18H21NO5/c1-11-6-16(23-2)17(24-3)9-12(11)4-5-19-18(22)13-7-14(20)10-15(21)8-13/h6-10,20-21H,4-5H2,1-3H3,(H,19,22). The van der Waals surface area contributed by atoms with Gasteiger partial charge in [0.2, 0.25) is 0 Å². The molecule has 0 atom stereocenters. The normalized spacial score (nSPS) is 10.3. The SMILES string of the molecule is COc1cc(C)c(CCNC(=O)c2cc(O)cc(O)c2)cc1OC. The fourth-order valence-corrected chi connectivity index (χ4v) is 2.43.